The number of nitriles is 1. The Morgan fingerprint density at radius 3 is 2.93 bits per heavy atom. The summed E-state index contributed by atoms with van der Waals surface area (Å²) in [6, 6.07) is 8.60. The summed E-state index contributed by atoms with van der Waals surface area (Å²) < 4.78 is 12.0. The average Bonchev–Trinajstić information content (AvgIpc) is 3.17. The Balaban J connectivity index is 1.56. The van der Waals surface area contributed by atoms with Gasteiger partial charge in [0, 0.05) is 12.5 Å². The molecule has 2 heterocycles. The summed E-state index contributed by atoms with van der Waals surface area (Å²) in [7, 11) is 1.50. The number of hydrogen-bond donors (Lipinski definition) is 1. The molecule has 3 rings (SSSR count). The summed E-state index contributed by atoms with van der Waals surface area (Å²) in [5.74, 6) is 1.07. The van der Waals surface area contributed by atoms with Crippen molar-refractivity contribution in [3.8, 4) is 17.6 Å². The van der Waals surface area contributed by atoms with Crippen molar-refractivity contribution in [3.63, 3.8) is 0 Å². The molecule has 1 N–H and O–H groups in total. The van der Waals surface area contributed by atoms with Gasteiger partial charge in [0.15, 0.2) is 11.5 Å². The van der Waals surface area contributed by atoms with Crippen LogP contribution in [0.25, 0.3) is 10.2 Å². The first kappa shape index (κ1) is 19.4. The molecular formula is C19H18N4O4S. The number of fused-ring (bicyclic) bond motifs is 1. The third-order valence-corrected chi connectivity index (χ3v) is 4.81. The molecule has 0 atom stereocenters. The lowest BCUT2D eigenvalue weighted by Gasteiger charge is -2.12. The number of ether oxygens (including phenoxy) is 2. The summed E-state index contributed by atoms with van der Waals surface area (Å²) in [5, 5.41) is 11.2. The zero-order chi connectivity index (χ0) is 20.1. The third-order valence-electron chi connectivity index (χ3n) is 4.00. The molecule has 0 saturated heterocycles. The quantitative estimate of drug-likeness (QED) is 0.613. The number of nitrogens with one attached hydrogen (secondary N) is 1. The second-order valence-electron chi connectivity index (χ2n) is 5.90. The van der Waals surface area contributed by atoms with Crippen LogP contribution in [0, 0.1) is 18.3 Å². The van der Waals surface area contributed by atoms with Crippen molar-refractivity contribution < 1.29 is 14.3 Å². The number of thiophene rings is 1. The van der Waals surface area contributed by atoms with Crippen molar-refractivity contribution in [2.45, 2.75) is 19.8 Å². The minimum atomic E-state index is -0.308. The average molecular weight is 398 g/mol. The predicted molar refractivity (Wildman–Crippen MR) is 105 cm³/mol. The molecule has 0 radical (unpaired) electrons. The van der Waals surface area contributed by atoms with E-state index in [1.165, 1.54) is 23.1 Å². The maximum Gasteiger partial charge on any atom is 0.281 e. The fraction of sp³-hybridized carbons (Fsp3) is 0.263. The number of methoxy groups -OCH3 is 1. The van der Waals surface area contributed by atoms with E-state index in [1.54, 1.807) is 36.6 Å². The van der Waals surface area contributed by atoms with Gasteiger partial charge < -0.3 is 9.47 Å². The van der Waals surface area contributed by atoms with Crippen LogP contribution in [0.4, 0.5) is 0 Å². The van der Waals surface area contributed by atoms with Crippen LogP contribution in [0.1, 0.15) is 24.2 Å². The van der Waals surface area contributed by atoms with Gasteiger partial charge in [-0.3, -0.25) is 15.0 Å². The number of carbonyl (C=O) groups excluding carboxylic acids is 1. The van der Waals surface area contributed by atoms with Crippen LogP contribution in [0.5, 0.6) is 11.5 Å². The molecule has 28 heavy (non-hydrogen) atoms. The first-order valence-corrected chi connectivity index (χ1v) is 9.39. The van der Waals surface area contributed by atoms with Gasteiger partial charge in [-0.1, -0.05) is 0 Å². The molecule has 0 aliphatic heterocycles. The minimum absolute atomic E-state index is 0.173. The predicted octanol–water partition coefficient (Wildman–Crippen LogP) is 2.58. The zero-order valence-electron chi connectivity index (χ0n) is 15.4. The molecule has 1 amide bonds. The van der Waals surface area contributed by atoms with Crippen LogP contribution >= 0.6 is 11.3 Å². The summed E-state index contributed by atoms with van der Waals surface area (Å²) in [6.07, 6.45) is 0.614. The van der Waals surface area contributed by atoms with Crippen molar-refractivity contribution in [3.05, 3.63) is 51.4 Å². The van der Waals surface area contributed by atoms with Crippen molar-refractivity contribution in [2.24, 2.45) is 0 Å². The number of nitrogens with zero attached hydrogens (tertiary/aromatic N) is 3. The van der Waals surface area contributed by atoms with E-state index in [2.05, 4.69) is 10.4 Å². The first-order chi connectivity index (χ1) is 13.5. The van der Waals surface area contributed by atoms with Gasteiger partial charge in [0.2, 0.25) is 5.91 Å². The lowest BCUT2D eigenvalue weighted by molar-refractivity contribution is -0.117. The summed E-state index contributed by atoms with van der Waals surface area (Å²) in [5.41, 5.74) is 2.76. The van der Waals surface area contributed by atoms with Crippen LogP contribution in [-0.4, -0.2) is 29.3 Å². The van der Waals surface area contributed by atoms with E-state index in [9.17, 15) is 9.59 Å². The first-order valence-electron chi connectivity index (χ1n) is 8.51. The van der Waals surface area contributed by atoms with E-state index in [0.717, 1.165) is 0 Å². The van der Waals surface area contributed by atoms with Gasteiger partial charge in [-0.2, -0.15) is 5.26 Å². The highest BCUT2D eigenvalue weighted by atomic mass is 32.1. The second kappa shape index (κ2) is 8.54. The van der Waals surface area contributed by atoms with Crippen LogP contribution in [-0.2, 0) is 4.79 Å². The Bertz CT molecular complexity index is 1110. The lowest BCUT2D eigenvalue weighted by Crippen LogP contribution is -2.35. The molecule has 0 aliphatic rings. The highest BCUT2D eigenvalue weighted by Crippen LogP contribution is 2.27. The molecule has 3 aromatic rings. The fourth-order valence-electron chi connectivity index (χ4n) is 2.60. The highest BCUT2D eigenvalue weighted by Gasteiger charge is 2.12. The van der Waals surface area contributed by atoms with Gasteiger partial charge in [0.05, 0.1) is 30.7 Å². The summed E-state index contributed by atoms with van der Waals surface area (Å²) >= 11 is 1.38. The molecule has 144 valence electrons. The number of amides is 1. The van der Waals surface area contributed by atoms with E-state index in [-0.39, 0.29) is 24.5 Å². The molecule has 0 bridgehead atoms. The molecule has 2 aromatic heterocycles. The largest absolute Gasteiger partial charge is 0.493 e. The van der Waals surface area contributed by atoms with E-state index >= 15 is 0 Å². The number of aromatic nitrogens is 2. The lowest BCUT2D eigenvalue weighted by atomic mass is 10.2. The summed E-state index contributed by atoms with van der Waals surface area (Å²) in [4.78, 5) is 29.6. The Labute approximate surface area is 164 Å². The van der Waals surface area contributed by atoms with E-state index in [4.69, 9.17) is 14.7 Å². The highest BCUT2D eigenvalue weighted by molar-refractivity contribution is 7.16. The Morgan fingerprint density at radius 2 is 2.18 bits per heavy atom. The Morgan fingerprint density at radius 1 is 1.36 bits per heavy atom. The van der Waals surface area contributed by atoms with Crippen LogP contribution in [0.2, 0.25) is 0 Å². The van der Waals surface area contributed by atoms with Gasteiger partial charge in [-0.15, -0.1) is 11.3 Å². The van der Waals surface area contributed by atoms with Crippen molar-refractivity contribution in [1.82, 2.24) is 9.66 Å². The molecule has 9 heteroatoms. The SMILES string of the molecule is COc1cc(C#N)ccc1OCCCC(=O)Nn1c(C)nc2sccc2c1=O. The van der Waals surface area contributed by atoms with E-state index < -0.39 is 0 Å². The number of hydrogen-bond acceptors (Lipinski definition) is 7. The van der Waals surface area contributed by atoms with Gasteiger partial charge in [-0.25, -0.2) is 9.66 Å². The number of carbonyl (C=O) groups is 1. The minimum Gasteiger partial charge on any atom is -0.493 e. The molecule has 0 aliphatic carbocycles. The molecule has 0 unspecified atom stereocenters. The van der Waals surface area contributed by atoms with Crippen LogP contribution in [0.15, 0.2) is 34.4 Å². The molecule has 8 nitrogen and oxygen atoms in total. The molecule has 0 spiro atoms. The van der Waals surface area contributed by atoms with Crippen LogP contribution in [0.3, 0.4) is 0 Å². The van der Waals surface area contributed by atoms with Crippen molar-refractivity contribution in [2.75, 3.05) is 19.1 Å². The van der Waals surface area contributed by atoms with Gasteiger partial charge in [0.25, 0.3) is 5.56 Å². The normalized spacial score (nSPS) is 10.5. The third kappa shape index (κ3) is 4.13. The maximum atomic E-state index is 12.4. The second-order valence-corrected chi connectivity index (χ2v) is 6.80. The molecule has 0 saturated carbocycles. The van der Waals surface area contributed by atoms with Crippen LogP contribution < -0.4 is 20.5 Å². The van der Waals surface area contributed by atoms with E-state index in [0.29, 0.717) is 39.5 Å². The number of aryl methyl sites for hydroxylation is 1. The van der Waals surface area contributed by atoms with Gasteiger partial charge >= 0.3 is 0 Å². The molecular weight excluding hydrogens is 380 g/mol. The van der Waals surface area contributed by atoms with E-state index in [1.807, 2.05) is 6.07 Å². The van der Waals surface area contributed by atoms with Crippen molar-refractivity contribution in [1.29, 1.82) is 5.26 Å². The molecule has 0 fully saturated rings. The Kier molecular flexibility index (Phi) is 5.91. The van der Waals surface area contributed by atoms with Gasteiger partial charge in [0.1, 0.15) is 10.7 Å². The van der Waals surface area contributed by atoms with Gasteiger partial charge in [-0.05, 0) is 36.9 Å². The maximum absolute atomic E-state index is 12.4. The Hall–Kier alpha value is -3.38. The number of rotatable bonds is 7. The summed E-state index contributed by atoms with van der Waals surface area (Å²) in [6.45, 7) is 1.95. The molecule has 1 aromatic carbocycles. The topological polar surface area (TPSA) is 106 Å². The standard InChI is InChI=1S/C19H18N4O4S/c1-12-21-18-14(7-9-28-18)19(25)23(12)22-17(24)4-3-8-27-15-6-5-13(11-20)10-16(15)26-2/h5-7,9-10H,3-4,8H2,1-2H3,(H,22,24). The number of benzene rings is 1. The smallest absolute Gasteiger partial charge is 0.281 e. The fourth-order valence-corrected chi connectivity index (χ4v) is 3.40. The monoisotopic (exact) mass is 398 g/mol. The zero-order valence-corrected chi connectivity index (χ0v) is 16.2. The van der Waals surface area contributed by atoms with Crippen molar-refractivity contribution >= 4 is 27.5 Å².